The number of rotatable bonds is 6. The van der Waals surface area contributed by atoms with E-state index >= 15 is 0 Å². The van der Waals surface area contributed by atoms with E-state index in [-0.39, 0.29) is 25.9 Å². The van der Waals surface area contributed by atoms with E-state index in [2.05, 4.69) is 0 Å². The number of hydrogen-bond donors (Lipinski definition) is 3. The second-order valence-electron chi connectivity index (χ2n) is 4.26. The molecule has 0 spiro atoms. The van der Waals surface area contributed by atoms with Gasteiger partial charge in [0.2, 0.25) is 15.9 Å². The van der Waals surface area contributed by atoms with Gasteiger partial charge in [0.15, 0.2) is 5.76 Å². The highest BCUT2D eigenvalue weighted by atomic mass is 32.2. The average molecular weight is 306 g/mol. The smallest absolute Gasteiger partial charge is 0.337 e. The second-order valence-corrected chi connectivity index (χ2v) is 6.01. The van der Waals surface area contributed by atoms with Crippen molar-refractivity contribution in [2.75, 3.05) is 19.3 Å². The van der Waals surface area contributed by atoms with E-state index in [1.54, 1.807) is 4.72 Å². The molecule has 0 aromatic carbocycles. The molecule has 1 aliphatic heterocycles. The van der Waals surface area contributed by atoms with Crippen LogP contribution in [-0.2, 0) is 24.4 Å². The number of aliphatic hydroxyl groups is 1. The molecule has 2 amide bonds. The highest BCUT2D eigenvalue weighted by Crippen LogP contribution is 2.17. The third kappa shape index (κ3) is 4.23. The monoisotopic (exact) mass is 306 g/mol. The number of amides is 2. The molecule has 0 radical (unpaired) electrons. The summed E-state index contributed by atoms with van der Waals surface area (Å²) in [6.07, 6.45) is 0.850. The van der Waals surface area contributed by atoms with Crippen molar-refractivity contribution in [1.29, 1.82) is 0 Å². The quantitative estimate of drug-likeness (QED) is 0.547. The first kappa shape index (κ1) is 16.0. The summed E-state index contributed by atoms with van der Waals surface area (Å²) in [6.45, 7) is -0.204. The first-order chi connectivity index (χ1) is 9.11. The molecular formula is C10H14N2O7S. The third-order valence-electron chi connectivity index (χ3n) is 2.51. The van der Waals surface area contributed by atoms with E-state index in [0.29, 0.717) is 0 Å². The average Bonchev–Trinajstić information content (AvgIpc) is 2.55. The number of hydrogen-bond acceptors (Lipinski definition) is 6. The maximum atomic E-state index is 11.5. The third-order valence-corrected chi connectivity index (χ3v) is 3.11. The zero-order valence-corrected chi connectivity index (χ0v) is 11.4. The van der Waals surface area contributed by atoms with Gasteiger partial charge in [-0.15, -0.1) is 0 Å². The van der Waals surface area contributed by atoms with Gasteiger partial charge in [0.05, 0.1) is 12.8 Å². The van der Waals surface area contributed by atoms with Crippen LogP contribution in [0.3, 0.4) is 0 Å². The van der Waals surface area contributed by atoms with E-state index < -0.39 is 39.1 Å². The lowest BCUT2D eigenvalue weighted by Gasteiger charge is -2.15. The maximum absolute atomic E-state index is 11.5. The number of carboxylic acids is 1. The summed E-state index contributed by atoms with van der Waals surface area (Å²) in [5, 5.41) is 18.0. The second kappa shape index (κ2) is 5.90. The molecule has 10 heteroatoms. The van der Waals surface area contributed by atoms with Gasteiger partial charge in [-0.1, -0.05) is 0 Å². The molecular weight excluding hydrogens is 292 g/mol. The van der Waals surface area contributed by atoms with Crippen LogP contribution in [-0.4, -0.2) is 60.7 Å². The molecule has 1 heterocycles. The fourth-order valence-corrected chi connectivity index (χ4v) is 2.17. The lowest BCUT2D eigenvalue weighted by Crippen LogP contribution is -2.32. The van der Waals surface area contributed by atoms with Gasteiger partial charge in [0, 0.05) is 13.0 Å². The highest BCUT2D eigenvalue weighted by Gasteiger charge is 2.33. The standard InChI is InChI=1S/C10H14N2O7S/c1-20(18,19)11-7(13)3-2-4-12-5-6(10(16)17)8(14)9(12)15/h14H,2-5H2,1H3,(H,11,13)(H,16,17). The zero-order valence-electron chi connectivity index (χ0n) is 10.6. The Labute approximate surface area is 114 Å². The first-order valence-corrected chi connectivity index (χ1v) is 7.46. The SMILES string of the molecule is CS(=O)(=O)NC(=O)CCCN1CC(C(=O)O)=C(O)C1=O. The van der Waals surface area contributed by atoms with Gasteiger partial charge in [-0.3, -0.25) is 14.3 Å². The number of carboxylic acid groups (broad SMARTS) is 1. The molecule has 9 nitrogen and oxygen atoms in total. The molecule has 3 N–H and O–H groups in total. The number of aliphatic hydroxyl groups excluding tert-OH is 1. The van der Waals surface area contributed by atoms with Gasteiger partial charge < -0.3 is 15.1 Å². The van der Waals surface area contributed by atoms with Crippen molar-refractivity contribution in [2.24, 2.45) is 0 Å². The molecule has 1 rings (SSSR count). The van der Waals surface area contributed by atoms with E-state index in [0.717, 1.165) is 11.2 Å². The van der Waals surface area contributed by atoms with Gasteiger partial charge in [0.1, 0.15) is 5.57 Å². The Kier molecular flexibility index (Phi) is 4.71. The van der Waals surface area contributed by atoms with Crippen LogP contribution in [0.5, 0.6) is 0 Å². The van der Waals surface area contributed by atoms with Crippen molar-refractivity contribution >= 4 is 27.8 Å². The van der Waals surface area contributed by atoms with Crippen LogP contribution >= 0.6 is 0 Å². The molecule has 0 saturated heterocycles. The fraction of sp³-hybridized carbons (Fsp3) is 0.500. The van der Waals surface area contributed by atoms with E-state index in [1.165, 1.54) is 0 Å². The number of carbonyl (C=O) groups excluding carboxylic acids is 2. The minimum Gasteiger partial charge on any atom is -0.503 e. The summed E-state index contributed by atoms with van der Waals surface area (Å²) in [6, 6.07) is 0. The number of nitrogens with one attached hydrogen (secondary N) is 1. The Morgan fingerprint density at radius 2 is 2.00 bits per heavy atom. The summed E-state index contributed by atoms with van der Waals surface area (Å²) in [4.78, 5) is 34.5. The predicted molar refractivity (Wildman–Crippen MR) is 66.1 cm³/mol. The van der Waals surface area contributed by atoms with Crippen LogP contribution in [0, 0.1) is 0 Å². The van der Waals surface area contributed by atoms with Crippen LogP contribution in [0.4, 0.5) is 0 Å². The summed E-state index contributed by atoms with van der Waals surface area (Å²) in [5.41, 5.74) is -0.393. The summed E-state index contributed by atoms with van der Waals surface area (Å²) < 4.78 is 23.3. The highest BCUT2D eigenvalue weighted by molar-refractivity contribution is 7.89. The van der Waals surface area contributed by atoms with Crippen molar-refractivity contribution in [3.63, 3.8) is 0 Å². The van der Waals surface area contributed by atoms with Crippen LogP contribution < -0.4 is 4.72 Å². The minimum atomic E-state index is -3.62. The first-order valence-electron chi connectivity index (χ1n) is 5.57. The van der Waals surface area contributed by atoms with Crippen molar-refractivity contribution in [3.05, 3.63) is 11.3 Å². The Hall–Kier alpha value is -2.10. The van der Waals surface area contributed by atoms with Gasteiger partial charge in [-0.05, 0) is 6.42 Å². The van der Waals surface area contributed by atoms with Crippen LogP contribution in [0.15, 0.2) is 11.3 Å². The lowest BCUT2D eigenvalue weighted by atomic mass is 10.2. The zero-order chi connectivity index (χ0) is 15.5. The van der Waals surface area contributed by atoms with E-state index in [4.69, 9.17) is 5.11 Å². The van der Waals surface area contributed by atoms with Gasteiger partial charge in [-0.25, -0.2) is 13.2 Å². The predicted octanol–water partition coefficient (Wildman–Crippen LogP) is -1.42. The number of sulfonamides is 1. The fourth-order valence-electron chi connectivity index (χ4n) is 1.65. The van der Waals surface area contributed by atoms with Crippen molar-refractivity contribution in [3.8, 4) is 0 Å². The molecule has 112 valence electrons. The van der Waals surface area contributed by atoms with Gasteiger partial charge in [-0.2, -0.15) is 0 Å². The topological polar surface area (TPSA) is 141 Å². The summed E-state index contributed by atoms with van der Waals surface area (Å²) in [5.74, 6) is -3.72. The Morgan fingerprint density at radius 3 is 2.45 bits per heavy atom. The normalized spacial score (nSPS) is 15.7. The van der Waals surface area contributed by atoms with Crippen molar-refractivity contribution in [1.82, 2.24) is 9.62 Å². The molecule has 1 aliphatic rings. The molecule has 0 unspecified atom stereocenters. The molecule has 0 fully saturated rings. The van der Waals surface area contributed by atoms with E-state index in [1.807, 2.05) is 0 Å². The molecule has 0 aromatic heterocycles. The molecule has 0 bridgehead atoms. The Bertz CT molecular complexity index is 578. The van der Waals surface area contributed by atoms with Crippen LogP contribution in [0.2, 0.25) is 0 Å². The lowest BCUT2D eigenvalue weighted by molar-refractivity contribution is -0.133. The molecule has 20 heavy (non-hydrogen) atoms. The van der Waals surface area contributed by atoms with Crippen LogP contribution in [0.1, 0.15) is 12.8 Å². The number of nitrogens with zero attached hydrogens (tertiary/aromatic N) is 1. The molecule has 0 aromatic rings. The minimum absolute atomic E-state index is 0.0385. The number of aliphatic carboxylic acids is 1. The van der Waals surface area contributed by atoms with Crippen molar-refractivity contribution in [2.45, 2.75) is 12.8 Å². The molecule has 0 atom stereocenters. The van der Waals surface area contributed by atoms with Gasteiger partial charge >= 0.3 is 5.97 Å². The van der Waals surface area contributed by atoms with Crippen LogP contribution in [0.25, 0.3) is 0 Å². The number of carbonyl (C=O) groups is 3. The largest absolute Gasteiger partial charge is 0.503 e. The van der Waals surface area contributed by atoms with Crippen molar-refractivity contribution < 1.29 is 33.0 Å². The molecule has 0 aliphatic carbocycles. The summed E-state index contributed by atoms with van der Waals surface area (Å²) >= 11 is 0. The van der Waals surface area contributed by atoms with Gasteiger partial charge in [0.25, 0.3) is 5.91 Å². The Balaban J connectivity index is 2.44. The van der Waals surface area contributed by atoms with E-state index in [9.17, 15) is 27.9 Å². The maximum Gasteiger partial charge on any atom is 0.337 e. The summed E-state index contributed by atoms with van der Waals surface area (Å²) in [7, 11) is -3.62. The Morgan fingerprint density at radius 1 is 1.40 bits per heavy atom. The molecule has 0 saturated carbocycles.